The number of hydrogen-bond acceptors (Lipinski definition) is 5. The number of alkyl halides is 3. The maximum absolute atomic E-state index is 12.9. The summed E-state index contributed by atoms with van der Waals surface area (Å²) < 4.78 is 46.4. The number of carbonyl (C=O) groups excluding carboxylic acids is 1. The Bertz CT molecular complexity index is 1180. The fraction of sp³-hybridized carbons (Fsp3) is 0.261. The molecule has 1 atom stereocenters. The molecule has 34 heavy (non-hydrogen) atoms. The lowest BCUT2D eigenvalue weighted by Gasteiger charge is -2.17. The van der Waals surface area contributed by atoms with E-state index >= 15 is 0 Å². The van der Waals surface area contributed by atoms with Crippen molar-refractivity contribution in [3.63, 3.8) is 0 Å². The molecule has 6 nitrogen and oxygen atoms in total. The van der Waals surface area contributed by atoms with Gasteiger partial charge in [-0.25, -0.2) is 0 Å². The standard InChI is InChI=1S/C23H22ClF3N4O2S/c1-4-10-31-21(15(3)33-19-11-14(2)8-9-18(19)24)29-30-22(31)34-13-20(32)28-17-7-5-6-16(12-17)23(25,26)27/h4-9,11-12,15H,1,10,13H2,2-3H3,(H,28,32). The van der Waals surface area contributed by atoms with E-state index in [1.54, 1.807) is 23.6 Å². The Hall–Kier alpha value is -2.98. The molecule has 2 aromatic carbocycles. The molecular weight excluding hydrogens is 489 g/mol. The molecule has 0 saturated carbocycles. The van der Waals surface area contributed by atoms with Crippen LogP contribution in [-0.4, -0.2) is 26.4 Å². The van der Waals surface area contributed by atoms with Crippen molar-refractivity contribution in [1.29, 1.82) is 0 Å². The normalized spacial score (nSPS) is 12.3. The van der Waals surface area contributed by atoms with Gasteiger partial charge in [0.05, 0.1) is 16.3 Å². The summed E-state index contributed by atoms with van der Waals surface area (Å²) in [4.78, 5) is 12.3. The van der Waals surface area contributed by atoms with E-state index in [0.717, 1.165) is 29.5 Å². The molecule has 0 fully saturated rings. The molecule has 0 saturated heterocycles. The van der Waals surface area contributed by atoms with Gasteiger partial charge >= 0.3 is 6.18 Å². The number of hydrogen-bond donors (Lipinski definition) is 1. The highest BCUT2D eigenvalue weighted by Gasteiger charge is 2.30. The van der Waals surface area contributed by atoms with Gasteiger partial charge in [0.25, 0.3) is 0 Å². The van der Waals surface area contributed by atoms with Crippen LogP contribution in [0.25, 0.3) is 0 Å². The first-order valence-electron chi connectivity index (χ1n) is 10.1. The number of halogens is 4. The van der Waals surface area contributed by atoms with Crippen LogP contribution in [0.15, 0.2) is 60.3 Å². The van der Waals surface area contributed by atoms with Crippen LogP contribution in [0, 0.1) is 6.92 Å². The molecule has 0 bridgehead atoms. The van der Waals surface area contributed by atoms with E-state index in [4.69, 9.17) is 16.3 Å². The predicted molar refractivity (Wildman–Crippen MR) is 126 cm³/mol. The van der Waals surface area contributed by atoms with Gasteiger partial charge in [-0.15, -0.1) is 16.8 Å². The zero-order chi connectivity index (χ0) is 24.9. The Morgan fingerprint density at radius 1 is 1.29 bits per heavy atom. The van der Waals surface area contributed by atoms with Gasteiger partial charge in [-0.2, -0.15) is 13.2 Å². The van der Waals surface area contributed by atoms with Gasteiger partial charge in [-0.05, 0) is 49.7 Å². The van der Waals surface area contributed by atoms with Gasteiger partial charge < -0.3 is 10.1 Å². The highest BCUT2D eigenvalue weighted by atomic mass is 35.5. The number of allylic oxidation sites excluding steroid dienone is 1. The van der Waals surface area contributed by atoms with Gasteiger partial charge in [0.1, 0.15) is 5.75 Å². The van der Waals surface area contributed by atoms with Crippen molar-refractivity contribution in [1.82, 2.24) is 14.8 Å². The number of aromatic nitrogens is 3. The summed E-state index contributed by atoms with van der Waals surface area (Å²) in [5.41, 5.74) is 0.212. The van der Waals surface area contributed by atoms with Crippen molar-refractivity contribution in [2.75, 3.05) is 11.1 Å². The molecule has 0 spiro atoms. The zero-order valence-corrected chi connectivity index (χ0v) is 20.0. The molecule has 11 heteroatoms. The Balaban J connectivity index is 1.69. The number of benzene rings is 2. The van der Waals surface area contributed by atoms with Crippen LogP contribution in [-0.2, 0) is 17.5 Å². The molecular formula is C23H22ClF3N4O2S. The minimum atomic E-state index is -4.49. The second-order valence-electron chi connectivity index (χ2n) is 7.35. The van der Waals surface area contributed by atoms with Crippen molar-refractivity contribution in [3.05, 3.63) is 77.1 Å². The quantitative estimate of drug-likeness (QED) is 0.269. The van der Waals surface area contributed by atoms with E-state index in [1.165, 1.54) is 12.1 Å². The first kappa shape index (κ1) is 25.6. The number of nitrogens with one attached hydrogen (secondary N) is 1. The Kier molecular flexibility index (Phi) is 8.27. The molecule has 3 rings (SSSR count). The topological polar surface area (TPSA) is 69.0 Å². The molecule has 1 heterocycles. The van der Waals surface area contributed by atoms with Gasteiger partial charge in [-0.3, -0.25) is 9.36 Å². The minimum absolute atomic E-state index is 0.0609. The molecule has 1 N–H and O–H groups in total. The Labute approximate surface area is 204 Å². The maximum Gasteiger partial charge on any atom is 0.416 e. The number of rotatable bonds is 9. The van der Waals surface area contributed by atoms with Gasteiger partial charge in [-0.1, -0.05) is 41.6 Å². The average molecular weight is 511 g/mol. The summed E-state index contributed by atoms with van der Waals surface area (Å²) >= 11 is 7.32. The number of nitrogens with zero attached hydrogens (tertiary/aromatic N) is 3. The van der Waals surface area contributed by atoms with Crippen LogP contribution in [0.1, 0.15) is 30.0 Å². The first-order chi connectivity index (χ1) is 16.1. The lowest BCUT2D eigenvalue weighted by atomic mass is 10.2. The van der Waals surface area contributed by atoms with Crippen LogP contribution in [0.3, 0.4) is 0 Å². The number of aryl methyl sites for hydroxylation is 1. The minimum Gasteiger partial charge on any atom is -0.481 e. The number of carbonyl (C=O) groups is 1. The summed E-state index contributed by atoms with van der Waals surface area (Å²) in [6, 6.07) is 9.90. The highest BCUT2D eigenvalue weighted by Crippen LogP contribution is 2.32. The second-order valence-corrected chi connectivity index (χ2v) is 8.70. The molecule has 0 aliphatic carbocycles. The van der Waals surface area contributed by atoms with Crippen LogP contribution >= 0.6 is 23.4 Å². The van der Waals surface area contributed by atoms with Crippen LogP contribution in [0.5, 0.6) is 5.75 Å². The summed E-state index contributed by atoms with van der Waals surface area (Å²) in [5, 5.41) is 11.7. The molecule has 0 aliphatic rings. The van der Waals surface area contributed by atoms with Crippen molar-refractivity contribution in [3.8, 4) is 5.75 Å². The van der Waals surface area contributed by atoms with E-state index in [2.05, 4.69) is 22.1 Å². The third-order valence-corrected chi connectivity index (χ3v) is 5.90. The first-order valence-corrected chi connectivity index (χ1v) is 11.5. The molecule has 0 aliphatic heterocycles. The lowest BCUT2D eigenvalue weighted by molar-refractivity contribution is -0.137. The molecule has 1 unspecified atom stereocenters. The van der Waals surface area contributed by atoms with E-state index < -0.39 is 23.8 Å². The number of ether oxygens (including phenoxy) is 1. The highest BCUT2D eigenvalue weighted by molar-refractivity contribution is 7.99. The van der Waals surface area contributed by atoms with Crippen LogP contribution in [0.2, 0.25) is 5.02 Å². The largest absolute Gasteiger partial charge is 0.481 e. The van der Waals surface area contributed by atoms with E-state index in [-0.39, 0.29) is 11.4 Å². The number of amides is 1. The second kappa shape index (κ2) is 11.0. The molecule has 180 valence electrons. The SMILES string of the molecule is C=CCn1c(SCC(=O)Nc2cccc(C(F)(F)F)c2)nnc1C(C)Oc1cc(C)ccc1Cl. The monoisotopic (exact) mass is 510 g/mol. The molecule has 1 amide bonds. The van der Waals surface area contributed by atoms with Crippen molar-refractivity contribution in [2.24, 2.45) is 0 Å². The zero-order valence-electron chi connectivity index (χ0n) is 18.4. The van der Waals surface area contributed by atoms with Gasteiger partial charge in [0.15, 0.2) is 17.1 Å². The van der Waals surface area contributed by atoms with Crippen molar-refractivity contribution in [2.45, 2.75) is 37.8 Å². The molecule has 3 aromatic rings. The number of anilines is 1. The summed E-state index contributed by atoms with van der Waals surface area (Å²) in [7, 11) is 0. The average Bonchev–Trinajstić information content (AvgIpc) is 3.17. The fourth-order valence-corrected chi connectivity index (χ4v) is 3.97. The maximum atomic E-state index is 12.9. The van der Waals surface area contributed by atoms with E-state index in [9.17, 15) is 18.0 Å². The third-order valence-electron chi connectivity index (χ3n) is 4.62. The van der Waals surface area contributed by atoms with E-state index in [0.29, 0.717) is 28.3 Å². The summed E-state index contributed by atoms with van der Waals surface area (Å²) in [6.07, 6.45) is -3.33. The predicted octanol–water partition coefficient (Wildman–Crippen LogP) is 6.32. The third kappa shape index (κ3) is 6.54. The van der Waals surface area contributed by atoms with Crippen LogP contribution < -0.4 is 10.1 Å². The van der Waals surface area contributed by atoms with E-state index in [1.807, 2.05) is 19.1 Å². The smallest absolute Gasteiger partial charge is 0.416 e. The Morgan fingerprint density at radius 3 is 2.76 bits per heavy atom. The van der Waals surface area contributed by atoms with Crippen LogP contribution in [0.4, 0.5) is 18.9 Å². The Morgan fingerprint density at radius 2 is 2.06 bits per heavy atom. The van der Waals surface area contributed by atoms with Crippen molar-refractivity contribution < 1.29 is 22.7 Å². The summed E-state index contributed by atoms with van der Waals surface area (Å²) in [5.74, 6) is 0.468. The fourth-order valence-electron chi connectivity index (χ4n) is 3.05. The van der Waals surface area contributed by atoms with Gasteiger partial charge in [0.2, 0.25) is 5.91 Å². The van der Waals surface area contributed by atoms with Crippen molar-refractivity contribution >= 4 is 35.0 Å². The number of thioether (sulfide) groups is 1. The lowest BCUT2D eigenvalue weighted by Crippen LogP contribution is -2.16. The molecule has 0 radical (unpaired) electrons. The molecule has 1 aromatic heterocycles. The summed E-state index contributed by atoms with van der Waals surface area (Å²) in [6.45, 7) is 7.84. The van der Waals surface area contributed by atoms with Gasteiger partial charge in [0, 0.05) is 12.2 Å².